The Bertz CT molecular complexity index is 682. The number of fused-ring (bicyclic) bond motifs is 1. The molecule has 0 atom stereocenters. The smallest absolute Gasteiger partial charge is 0.348 e. The molecule has 5 heteroatoms. The van der Waals surface area contributed by atoms with Crippen LogP contribution in [0.2, 0.25) is 0 Å². The summed E-state index contributed by atoms with van der Waals surface area (Å²) in [4.78, 5) is 12.2. The van der Waals surface area contributed by atoms with Gasteiger partial charge in [0.2, 0.25) is 0 Å². The first-order valence-corrected chi connectivity index (χ1v) is 9.74. The molecule has 26 heavy (non-hydrogen) atoms. The Hall–Kier alpha value is -1.55. The van der Waals surface area contributed by atoms with Crippen LogP contribution in [0.3, 0.4) is 0 Å². The summed E-state index contributed by atoms with van der Waals surface area (Å²) in [6, 6.07) is 8.15. The van der Waals surface area contributed by atoms with Crippen molar-refractivity contribution in [1.29, 1.82) is 0 Å². The van der Waals surface area contributed by atoms with E-state index in [1.54, 1.807) is 0 Å². The zero-order valence-corrected chi connectivity index (χ0v) is 17.3. The molecule has 1 aromatic heterocycles. The fraction of sp³-hybridized carbons (Fsp3) is 0.619. The van der Waals surface area contributed by atoms with Gasteiger partial charge in [-0.05, 0) is 18.6 Å². The number of nitrogens with zero attached hydrogens (tertiary/aromatic N) is 2. The predicted octanol–water partition coefficient (Wildman–Crippen LogP) is 4.88. The molecule has 4 nitrogen and oxygen atoms in total. The first kappa shape index (κ1) is 22.5. The lowest BCUT2D eigenvalue weighted by Crippen LogP contribution is -2.31. The number of benzene rings is 1. The third-order valence-electron chi connectivity index (χ3n) is 4.96. The second kappa shape index (κ2) is 11.9. The van der Waals surface area contributed by atoms with E-state index in [-0.39, 0.29) is 24.9 Å². The maximum atomic E-state index is 12.2. The largest absolute Gasteiger partial charge is 0.463 e. The Balaban J connectivity index is 0.00000338. The lowest BCUT2D eigenvalue weighted by molar-refractivity contribution is -0.652. The monoisotopic (exact) mass is 381 g/mol. The molecule has 0 saturated heterocycles. The van der Waals surface area contributed by atoms with Crippen molar-refractivity contribution < 1.29 is 14.1 Å². The predicted molar refractivity (Wildman–Crippen MR) is 109 cm³/mol. The molecule has 1 aromatic carbocycles. The molecule has 0 N–H and O–H groups in total. The number of hydrogen-bond donors (Lipinski definition) is 0. The van der Waals surface area contributed by atoms with Crippen molar-refractivity contribution in [2.45, 2.75) is 71.8 Å². The van der Waals surface area contributed by atoms with Crippen LogP contribution in [0.4, 0.5) is 0 Å². The molecule has 2 aromatic rings. The molecule has 0 unspecified atom stereocenters. The number of esters is 1. The van der Waals surface area contributed by atoms with Crippen molar-refractivity contribution in [3.8, 4) is 0 Å². The number of aryl methyl sites for hydroxylation is 1. The summed E-state index contributed by atoms with van der Waals surface area (Å²) in [5.74, 6) is 0.914. The lowest BCUT2D eigenvalue weighted by atomic mass is 10.1. The highest BCUT2D eigenvalue weighted by Gasteiger charge is 2.21. The fourth-order valence-electron chi connectivity index (χ4n) is 3.30. The minimum absolute atomic E-state index is 0. The van der Waals surface area contributed by atoms with Gasteiger partial charge in [-0.2, -0.15) is 0 Å². The van der Waals surface area contributed by atoms with Gasteiger partial charge in [0, 0.05) is 6.92 Å². The molecule has 0 radical (unpaired) electrons. The molecule has 1 heterocycles. The van der Waals surface area contributed by atoms with Crippen LogP contribution >= 0.6 is 12.4 Å². The molecule has 0 spiro atoms. The molecule has 0 fully saturated rings. The van der Waals surface area contributed by atoms with Crippen molar-refractivity contribution in [3.63, 3.8) is 0 Å². The summed E-state index contributed by atoms with van der Waals surface area (Å²) in [7, 11) is 2.03. The van der Waals surface area contributed by atoms with E-state index in [1.165, 1.54) is 38.5 Å². The average Bonchev–Trinajstić information content (AvgIpc) is 2.86. The number of ether oxygens (including phenoxy) is 1. The van der Waals surface area contributed by atoms with Crippen LogP contribution in [0.1, 0.15) is 64.1 Å². The second-order valence-corrected chi connectivity index (χ2v) is 6.88. The number of carbonyl (C=O) groups is 1. The highest BCUT2D eigenvalue weighted by Crippen LogP contribution is 2.13. The number of unbranched alkanes of at least 4 members (excludes halogenated alkanes) is 7. The van der Waals surface area contributed by atoms with E-state index >= 15 is 0 Å². The standard InChI is InChI=1S/C21H33N2O2.ClH/c1-4-5-6-7-8-9-10-13-16-25-21(24)17-23-18(2)22(3)19-14-11-12-15-20(19)23;/h11-12,14-15H,4-10,13,16-17H2,1-3H3;1H/q+1;. The van der Waals surface area contributed by atoms with Gasteiger partial charge in [0.25, 0.3) is 5.82 Å². The molecule has 0 aliphatic heterocycles. The number of para-hydroxylation sites is 2. The van der Waals surface area contributed by atoms with Crippen molar-refractivity contribution in [2.24, 2.45) is 7.05 Å². The van der Waals surface area contributed by atoms with Crippen molar-refractivity contribution in [3.05, 3.63) is 30.1 Å². The van der Waals surface area contributed by atoms with Gasteiger partial charge in [-0.3, -0.25) is 0 Å². The molecule has 0 saturated carbocycles. The summed E-state index contributed by atoms with van der Waals surface area (Å²) in [5, 5.41) is 0. The van der Waals surface area contributed by atoms with Gasteiger partial charge < -0.3 is 4.74 Å². The molecule has 0 aliphatic carbocycles. The van der Waals surface area contributed by atoms with Crippen molar-refractivity contribution >= 4 is 29.4 Å². The van der Waals surface area contributed by atoms with Gasteiger partial charge in [0.1, 0.15) is 0 Å². The van der Waals surface area contributed by atoms with Gasteiger partial charge in [0.05, 0.1) is 13.7 Å². The first-order chi connectivity index (χ1) is 12.1. The van der Waals surface area contributed by atoms with E-state index < -0.39 is 0 Å². The van der Waals surface area contributed by atoms with E-state index in [1.807, 2.05) is 36.7 Å². The van der Waals surface area contributed by atoms with Crippen LogP contribution < -0.4 is 4.57 Å². The van der Waals surface area contributed by atoms with E-state index in [0.717, 1.165) is 29.7 Å². The number of rotatable bonds is 11. The van der Waals surface area contributed by atoms with Gasteiger partial charge in [-0.1, -0.05) is 64.0 Å². The summed E-state index contributed by atoms with van der Waals surface area (Å²) >= 11 is 0. The van der Waals surface area contributed by atoms with Crippen molar-refractivity contribution in [1.82, 2.24) is 4.57 Å². The summed E-state index contributed by atoms with van der Waals surface area (Å²) in [6.07, 6.45) is 10.0. The number of aromatic nitrogens is 2. The number of carbonyl (C=O) groups excluding carboxylic acids is 1. The summed E-state index contributed by atoms with van der Waals surface area (Å²) < 4.78 is 9.58. The second-order valence-electron chi connectivity index (χ2n) is 6.88. The van der Waals surface area contributed by atoms with Crippen LogP contribution in [-0.2, 0) is 23.1 Å². The molecular formula is C21H34ClN2O2+. The minimum Gasteiger partial charge on any atom is -0.463 e. The van der Waals surface area contributed by atoms with Crippen LogP contribution in [0.15, 0.2) is 24.3 Å². The Morgan fingerprint density at radius 2 is 1.65 bits per heavy atom. The third kappa shape index (κ3) is 6.31. The quantitative estimate of drug-likeness (QED) is 0.316. The SMILES string of the molecule is CCCCCCCCCCOC(=O)Cn1c(C)[n+](C)c2ccccc21.Cl. The molecule has 0 aliphatic rings. The van der Waals surface area contributed by atoms with Crippen LogP contribution in [-0.4, -0.2) is 17.1 Å². The average molecular weight is 382 g/mol. The van der Waals surface area contributed by atoms with Crippen LogP contribution in [0.25, 0.3) is 11.0 Å². The van der Waals surface area contributed by atoms with E-state index in [0.29, 0.717) is 6.61 Å². The van der Waals surface area contributed by atoms with Crippen LogP contribution in [0, 0.1) is 6.92 Å². The maximum Gasteiger partial charge on any atom is 0.348 e. The van der Waals surface area contributed by atoms with Gasteiger partial charge in [0.15, 0.2) is 17.6 Å². The third-order valence-corrected chi connectivity index (χ3v) is 4.96. The van der Waals surface area contributed by atoms with E-state index in [4.69, 9.17) is 4.74 Å². The van der Waals surface area contributed by atoms with Crippen molar-refractivity contribution in [2.75, 3.05) is 6.61 Å². The van der Waals surface area contributed by atoms with Gasteiger partial charge in [-0.15, -0.1) is 12.4 Å². The summed E-state index contributed by atoms with van der Waals surface area (Å²) in [6.45, 7) is 5.10. The molecular weight excluding hydrogens is 348 g/mol. The Morgan fingerprint density at radius 1 is 1.04 bits per heavy atom. The Labute approximate surface area is 163 Å². The van der Waals surface area contributed by atoms with E-state index in [9.17, 15) is 4.79 Å². The Morgan fingerprint density at radius 3 is 2.35 bits per heavy atom. The molecule has 2 rings (SSSR count). The molecule has 0 bridgehead atoms. The van der Waals surface area contributed by atoms with Crippen LogP contribution in [0.5, 0.6) is 0 Å². The van der Waals surface area contributed by atoms with Gasteiger partial charge in [-0.25, -0.2) is 13.9 Å². The number of halogens is 1. The first-order valence-electron chi connectivity index (χ1n) is 9.74. The molecule has 0 amide bonds. The van der Waals surface area contributed by atoms with E-state index in [2.05, 4.69) is 17.6 Å². The topological polar surface area (TPSA) is 35.1 Å². The highest BCUT2D eigenvalue weighted by atomic mass is 35.5. The fourth-order valence-corrected chi connectivity index (χ4v) is 3.30. The lowest BCUT2D eigenvalue weighted by Gasteiger charge is -2.05. The maximum absolute atomic E-state index is 12.2. The molecule has 146 valence electrons. The normalized spacial score (nSPS) is 10.7. The van der Waals surface area contributed by atoms with Gasteiger partial charge >= 0.3 is 5.97 Å². The summed E-state index contributed by atoms with van der Waals surface area (Å²) in [5.41, 5.74) is 2.21. The zero-order chi connectivity index (χ0) is 18.1. The number of hydrogen-bond acceptors (Lipinski definition) is 2. The number of imidazole rings is 1. The zero-order valence-electron chi connectivity index (χ0n) is 16.5. The Kier molecular flexibility index (Phi) is 10.3. The minimum atomic E-state index is -0.146. The highest BCUT2D eigenvalue weighted by molar-refractivity contribution is 5.85.